The van der Waals surface area contributed by atoms with Crippen LogP contribution in [-0.4, -0.2) is 56.9 Å². The van der Waals surface area contributed by atoms with E-state index >= 15 is 0 Å². The molecule has 0 bridgehead atoms. The topological polar surface area (TPSA) is 124 Å². The van der Waals surface area contributed by atoms with Crippen molar-refractivity contribution in [1.82, 2.24) is 9.97 Å². The highest BCUT2D eigenvalue weighted by Crippen LogP contribution is 2.37. The highest BCUT2D eigenvalue weighted by atomic mass is 16.4. The van der Waals surface area contributed by atoms with Gasteiger partial charge in [-0.2, -0.15) is 0 Å². The molecule has 1 saturated heterocycles. The molecule has 1 fully saturated rings. The minimum Gasteiger partial charge on any atom is -0.483 e. The highest BCUT2D eigenvalue weighted by Gasteiger charge is 2.49. The smallest absolute Gasteiger partial charge is 0.314 e. The van der Waals surface area contributed by atoms with Crippen molar-refractivity contribution in [3.05, 3.63) is 53.5 Å². The van der Waals surface area contributed by atoms with Crippen molar-refractivity contribution < 1.29 is 24.9 Å². The predicted molar refractivity (Wildman–Crippen MR) is 122 cm³/mol. The Bertz CT molecular complexity index is 877. The molecule has 0 spiro atoms. The van der Waals surface area contributed by atoms with E-state index in [0.29, 0.717) is 31.6 Å². The van der Waals surface area contributed by atoms with E-state index in [1.165, 1.54) is 5.56 Å². The quantitative estimate of drug-likeness (QED) is 0.532. The second kappa shape index (κ2) is 12.1. The molecular formula is C24H33N3O5. The number of benzene rings is 1. The van der Waals surface area contributed by atoms with Gasteiger partial charge in [0.2, 0.25) is 0 Å². The van der Waals surface area contributed by atoms with E-state index in [2.05, 4.69) is 29.0 Å². The third kappa shape index (κ3) is 6.50. The molecular weight excluding hydrogens is 410 g/mol. The molecule has 2 aromatic rings. The summed E-state index contributed by atoms with van der Waals surface area (Å²) in [6, 6.07) is 12.0. The molecule has 1 aliphatic heterocycles. The predicted octanol–water partition coefficient (Wildman–Crippen LogP) is 3.10. The molecule has 0 radical (unpaired) electrons. The lowest BCUT2D eigenvalue weighted by Crippen LogP contribution is -2.56. The third-order valence-corrected chi connectivity index (χ3v) is 5.85. The Hall–Kier alpha value is -3.00. The van der Waals surface area contributed by atoms with Gasteiger partial charge in [0, 0.05) is 24.8 Å². The molecule has 32 heavy (non-hydrogen) atoms. The Morgan fingerprint density at radius 3 is 2.56 bits per heavy atom. The average Bonchev–Trinajstić information content (AvgIpc) is 2.76. The fraction of sp³-hybridized carbons (Fsp3) is 0.500. The lowest BCUT2D eigenvalue weighted by atomic mass is 9.73. The molecule has 2 heterocycles. The van der Waals surface area contributed by atoms with Gasteiger partial charge in [0.05, 0.1) is 6.10 Å². The van der Waals surface area contributed by atoms with E-state index in [1.54, 1.807) is 0 Å². The summed E-state index contributed by atoms with van der Waals surface area (Å²) in [5.74, 6) is 0.533. The molecule has 1 aromatic carbocycles. The van der Waals surface area contributed by atoms with E-state index < -0.39 is 17.5 Å². The molecule has 174 valence electrons. The Balaban J connectivity index is 0.00000114. The van der Waals surface area contributed by atoms with Gasteiger partial charge in [0.25, 0.3) is 6.47 Å². The maximum absolute atomic E-state index is 12.3. The van der Waals surface area contributed by atoms with Crippen molar-refractivity contribution in [3.63, 3.8) is 0 Å². The Morgan fingerprint density at radius 1 is 1.25 bits per heavy atom. The first kappa shape index (κ1) is 25.3. The fourth-order valence-corrected chi connectivity index (χ4v) is 4.25. The summed E-state index contributed by atoms with van der Waals surface area (Å²) in [5.41, 5.74) is 0.980. The Morgan fingerprint density at radius 2 is 1.94 bits per heavy atom. The van der Waals surface area contributed by atoms with Crippen LogP contribution in [0.4, 0.5) is 5.82 Å². The number of anilines is 1. The van der Waals surface area contributed by atoms with Crippen molar-refractivity contribution in [2.75, 3.05) is 18.0 Å². The molecule has 0 saturated carbocycles. The van der Waals surface area contributed by atoms with Crippen LogP contribution in [0.3, 0.4) is 0 Å². The van der Waals surface area contributed by atoms with Crippen LogP contribution < -0.4 is 4.90 Å². The number of aryl methyl sites for hydroxylation is 3. The second-order valence-electron chi connectivity index (χ2n) is 8.15. The van der Waals surface area contributed by atoms with Crippen molar-refractivity contribution in [2.24, 2.45) is 5.41 Å². The minimum atomic E-state index is -1.18. The van der Waals surface area contributed by atoms with Crippen LogP contribution in [0.5, 0.6) is 0 Å². The normalized spacial score (nSPS) is 20.2. The van der Waals surface area contributed by atoms with Crippen molar-refractivity contribution in [2.45, 2.75) is 58.5 Å². The number of aliphatic hydroxyl groups is 1. The molecule has 0 unspecified atom stereocenters. The monoisotopic (exact) mass is 443 g/mol. The van der Waals surface area contributed by atoms with Crippen LogP contribution in [0.1, 0.15) is 49.7 Å². The summed E-state index contributed by atoms with van der Waals surface area (Å²) in [4.78, 5) is 31.7. The summed E-state index contributed by atoms with van der Waals surface area (Å²) >= 11 is 0. The summed E-state index contributed by atoms with van der Waals surface area (Å²) in [5, 5.41) is 27.7. The van der Waals surface area contributed by atoms with Gasteiger partial charge in [-0.05, 0) is 44.6 Å². The van der Waals surface area contributed by atoms with E-state index in [-0.39, 0.29) is 13.0 Å². The van der Waals surface area contributed by atoms with E-state index in [1.807, 2.05) is 36.1 Å². The summed E-state index contributed by atoms with van der Waals surface area (Å²) in [6.07, 6.45) is 3.37. The molecule has 3 rings (SSSR count). The number of hydrogen-bond acceptors (Lipinski definition) is 6. The molecule has 0 amide bonds. The van der Waals surface area contributed by atoms with Gasteiger partial charge in [0.1, 0.15) is 17.1 Å². The number of hydrogen-bond donors (Lipinski definition) is 3. The molecule has 3 N–H and O–H groups in total. The molecule has 0 aliphatic carbocycles. The SMILES string of the molecule is CCCc1cc(N2CC[C@H](O)[C@](CCCc3ccccc3)(C(=O)O)C2)nc(C)n1.O=CO. The average molecular weight is 444 g/mol. The lowest BCUT2D eigenvalue weighted by Gasteiger charge is -2.44. The number of rotatable bonds is 8. The number of carboxylic acids is 1. The first-order valence-corrected chi connectivity index (χ1v) is 11.0. The number of aliphatic carboxylic acids is 1. The van der Waals surface area contributed by atoms with Gasteiger partial charge in [-0.15, -0.1) is 0 Å². The number of aliphatic hydroxyl groups excluding tert-OH is 1. The summed E-state index contributed by atoms with van der Waals surface area (Å²) < 4.78 is 0. The summed E-state index contributed by atoms with van der Waals surface area (Å²) in [7, 11) is 0. The second-order valence-corrected chi connectivity index (χ2v) is 8.15. The third-order valence-electron chi connectivity index (χ3n) is 5.85. The van der Waals surface area contributed by atoms with Gasteiger partial charge < -0.3 is 20.2 Å². The zero-order valence-corrected chi connectivity index (χ0v) is 18.8. The zero-order chi connectivity index (χ0) is 23.6. The Labute approximate surface area is 189 Å². The maximum Gasteiger partial charge on any atom is 0.314 e. The summed E-state index contributed by atoms with van der Waals surface area (Å²) in [6.45, 7) is 4.58. The number of carboxylic acid groups (broad SMARTS) is 2. The minimum absolute atomic E-state index is 0.250. The van der Waals surface area contributed by atoms with Gasteiger partial charge in [-0.25, -0.2) is 9.97 Å². The van der Waals surface area contributed by atoms with E-state index in [4.69, 9.17) is 9.90 Å². The lowest BCUT2D eigenvalue weighted by molar-refractivity contribution is -0.158. The number of piperidine rings is 1. The molecule has 8 heteroatoms. The van der Waals surface area contributed by atoms with Gasteiger partial charge in [0.15, 0.2) is 0 Å². The van der Waals surface area contributed by atoms with Gasteiger partial charge in [-0.3, -0.25) is 9.59 Å². The van der Waals surface area contributed by atoms with Crippen LogP contribution in [0.15, 0.2) is 36.4 Å². The fourth-order valence-electron chi connectivity index (χ4n) is 4.25. The first-order chi connectivity index (χ1) is 15.4. The largest absolute Gasteiger partial charge is 0.483 e. The highest BCUT2D eigenvalue weighted by molar-refractivity contribution is 5.77. The maximum atomic E-state index is 12.3. The molecule has 2 atom stereocenters. The van der Waals surface area contributed by atoms with Gasteiger partial charge >= 0.3 is 5.97 Å². The zero-order valence-electron chi connectivity index (χ0n) is 18.8. The van der Waals surface area contributed by atoms with Gasteiger partial charge in [-0.1, -0.05) is 43.7 Å². The first-order valence-electron chi connectivity index (χ1n) is 11.0. The molecule has 1 aliphatic rings. The molecule has 8 nitrogen and oxygen atoms in total. The number of carbonyl (C=O) groups is 2. The standard InChI is InChI=1S/C23H31N3O3.CH2O2/c1-3-8-19-15-21(25-17(2)24-19)26-14-12-20(27)23(16-26,22(28)29)13-7-11-18-9-5-4-6-10-18;2-1-3/h4-6,9-10,15,20,27H,3,7-8,11-14,16H2,1-2H3,(H,28,29);1H,(H,2,3)/t20-,23+;/m0./s1. The number of aromatic nitrogens is 2. The van der Waals surface area contributed by atoms with Crippen LogP contribution in [0, 0.1) is 12.3 Å². The van der Waals surface area contributed by atoms with Crippen LogP contribution in [0.25, 0.3) is 0 Å². The van der Waals surface area contributed by atoms with Crippen molar-refractivity contribution in [1.29, 1.82) is 0 Å². The van der Waals surface area contributed by atoms with E-state index in [9.17, 15) is 15.0 Å². The van der Waals surface area contributed by atoms with Crippen molar-refractivity contribution >= 4 is 18.3 Å². The molecule has 1 aromatic heterocycles. The Kier molecular flexibility index (Phi) is 9.59. The van der Waals surface area contributed by atoms with Crippen molar-refractivity contribution in [3.8, 4) is 0 Å². The van der Waals surface area contributed by atoms with Crippen LogP contribution >= 0.6 is 0 Å². The number of nitrogens with zero attached hydrogens (tertiary/aromatic N) is 3. The van der Waals surface area contributed by atoms with Crippen LogP contribution in [0.2, 0.25) is 0 Å². The van der Waals surface area contributed by atoms with E-state index in [0.717, 1.165) is 30.8 Å². The van der Waals surface area contributed by atoms with Crippen LogP contribution in [-0.2, 0) is 22.4 Å².